The first-order valence-corrected chi connectivity index (χ1v) is 17.9. The second kappa shape index (κ2) is 18.4. The van der Waals surface area contributed by atoms with Crippen molar-refractivity contribution in [2.45, 2.75) is 39.0 Å². The van der Waals surface area contributed by atoms with Crippen molar-refractivity contribution in [1.82, 2.24) is 15.1 Å². The molecule has 0 radical (unpaired) electrons. The summed E-state index contributed by atoms with van der Waals surface area (Å²) >= 11 is 6.35. The number of nitrogens with zero attached hydrogens (tertiary/aromatic N) is 2. The van der Waals surface area contributed by atoms with Crippen molar-refractivity contribution in [3.8, 4) is 28.7 Å². The number of amides is 4. The number of hydrogen-bond donors (Lipinski definition) is 2. The minimum Gasteiger partial charge on any atom is -0.496 e. The molecule has 1 fully saturated rings. The predicted molar refractivity (Wildman–Crippen MR) is 204 cm³/mol. The predicted octanol–water partition coefficient (Wildman–Crippen LogP) is 6.54. The van der Waals surface area contributed by atoms with Crippen LogP contribution in [0.5, 0.6) is 28.7 Å². The van der Waals surface area contributed by atoms with Crippen LogP contribution in [-0.2, 0) is 29.2 Å². The molecule has 1 saturated heterocycles. The van der Waals surface area contributed by atoms with Gasteiger partial charge in [-0.15, -0.1) is 0 Å². The van der Waals surface area contributed by atoms with Gasteiger partial charge in [0.05, 0.1) is 52.5 Å². The van der Waals surface area contributed by atoms with Gasteiger partial charge in [0.15, 0.2) is 0 Å². The summed E-state index contributed by atoms with van der Waals surface area (Å²) in [5.41, 5.74) is 2.42. The summed E-state index contributed by atoms with van der Waals surface area (Å²) < 4.78 is 28.1. The summed E-state index contributed by atoms with van der Waals surface area (Å²) in [6.07, 6.45) is 0.438. The minimum absolute atomic E-state index is 0.00463. The van der Waals surface area contributed by atoms with Crippen molar-refractivity contribution in [3.63, 3.8) is 0 Å². The molecule has 14 heteroatoms. The number of ether oxygens (including phenoxy) is 5. The molecule has 2 N–H and O–H groups in total. The molecule has 0 aliphatic carbocycles. The zero-order valence-electron chi connectivity index (χ0n) is 31.3. The molecular formula is C41H44ClN3O10. The van der Waals surface area contributed by atoms with E-state index in [1.54, 1.807) is 42.5 Å². The lowest BCUT2D eigenvalue weighted by Crippen LogP contribution is -2.48. The average Bonchev–Trinajstić information content (AvgIpc) is 3.31. The van der Waals surface area contributed by atoms with Gasteiger partial charge in [0.1, 0.15) is 47.5 Å². The third-order valence-electron chi connectivity index (χ3n) is 9.40. The molecule has 290 valence electrons. The fourth-order valence-corrected chi connectivity index (χ4v) is 6.69. The average molecular weight is 774 g/mol. The number of carboxylic acid groups (broad SMARTS) is 1. The molecule has 4 aromatic carbocycles. The van der Waals surface area contributed by atoms with Gasteiger partial charge in [-0.1, -0.05) is 54.9 Å². The first-order valence-electron chi connectivity index (χ1n) is 17.5. The summed E-state index contributed by atoms with van der Waals surface area (Å²) in [5.74, 6) is -1.23. The second-order valence-corrected chi connectivity index (χ2v) is 13.2. The van der Waals surface area contributed by atoms with Gasteiger partial charge in [-0.25, -0.2) is 9.59 Å². The molecule has 0 saturated carbocycles. The number of nitrogens with one attached hydrogen (secondary N) is 1. The topological polar surface area (TPSA) is 153 Å². The van der Waals surface area contributed by atoms with E-state index < -0.39 is 42.3 Å². The van der Waals surface area contributed by atoms with Crippen molar-refractivity contribution in [2.24, 2.45) is 5.92 Å². The highest BCUT2D eigenvalue weighted by atomic mass is 35.5. The van der Waals surface area contributed by atoms with Gasteiger partial charge >= 0.3 is 12.0 Å². The molecule has 1 heterocycles. The highest BCUT2D eigenvalue weighted by Gasteiger charge is 2.39. The number of aromatic carboxylic acids is 1. The first-order chi connectivity index (χ1) is 26.5. The number of methoxy groups -OCH3 is 4. The van der Waals surface area contributed by atoms with Gasteiger partial charge in [-0.05, 0) is 59.9 Å². The van der Waals surface area contributed by atoms with Crippen LogP contribution in [0, 0.1) is 5.92 Å². The minimum atomic E-state index is -1.20. The smallest absolute Gasteiger partial charge is 0.339 e. The SMILES string of the molecule is CC[C@@H](NC(=O)N1CC(=O)N(Cc2c(OC)cc(OC)cc2OC)C[C@@H](Cc2cc(Cl)ccc2OC)C1=O)c1ccc(OCc2ccccc2)c(C(=O)O)c1. The highest BCUT2D eigenvalue weighted by Crippen LogP contribution is 2.36. The highest BCUT2D eigenvalue weighted by molar-refractivity contribution is 6.30. The lowest BCUT2D eigenvalue weighted by Gasteiger charge is -2.26. The first kappa shape index (κ1) is 40.2. The van der Waals surface area contributed by atoms with Crippen LogP contribution in [0.3, 0.4) is 0 Å². The monoisotopic (exact) mass is 773 g/mol. The fraction of sp³-hybridized carbons (Fsp3) is 0.317. The Morgan fingerprint density at radius 1 is 0.873 bits per heavy atom. The zero-order chi connectivity index (χ0) is 39.6. The van der Waals surface area contributed by atoms with Crippen molar-refractivity contribution in [2.75, 3.05) is 41.5 Å². The number of urea groups is 1. The fourth-order valence-electron chi connectivity index (χ4n) is 6.49. The van der Waals surface area contributed by atoms with Crippen LogP contribution in [-0.4, -0.2) is 80.2 Å². The van der Waals surface area contributed by atoms with E-state index in [2.05, 4.69) is 5.32 Å². The molecular weight excluding hydrogens is 730 g/mol. The lowest BCUT2D eigenvalue weighted by atomic mass is 9.96. The van der Waals surface area contributed by atoms with Gasteiger partial charge in [-0.3, -0.25) is 14.5 Å². The molecule has 4 amide bonds. The van der Waals surface area contributed by atoms with Gasteiger partial charge in [0.25, 0.3) is 0 Å². The largest absolute Gasteiger partial charge is 0.496 e. The molecule has 4 aromatic rings. The number of hydrogen-bond acceptors (Lipinski definition) is 9. The van der Waals surface area contributed by atoms with E-state index in [-0.39, 0.29) is 37.4 Å². The number of benzene rings is 4. The van der Waals surface area contributed by atoms with Crippen LogP contribution in [0.15, 0.2) is 78.9 Å². The van der Waals surface area contributed by atoms with Crippen molar-refractivity contribution in [1.29, 1.82) is 0 Å². The molecule has 0 spiro atoms. The van der Waals surface area contributed by atoms with Crippen molar-refractivity contribution < 1.29 is 48.0 Å². The van der Waals surface area contributed by atoms with Gasteiger partial charge in [0, 0.05) is 23.7 Å². The van der Waals surface area contributed by atoms with Crippen LogP contribution >= 0.6 is 11.6 Å². The Labute approximate surface area is 324 Å². The molecule has 5 rings (SSSR count). The van der Waals surface area contributed by atoms with Crippen molar-refractivity contribution >= 4 is 35.4 Å². The molecule has 55 heavy (non-hydrogen) atoms. The van der Waals surface area contributed by atoms with Crippen LogP contribution in [0.25, 0.3) is 0 Å². The van der Waals surface area contributed by atoms with Crippen LogP contribution < -0.4 is 29.0 Å². The summed E-state index contributed by atoms with van der Waals surface area (Å²) in [6.45, 7) is 1.36. The number of imide groups is 1. The molecule has 0 bridgehead atoms. The molecule has 0 aromatic heterocycles. The molecule has 2 atom stereocenters. The standard InChI is InChI=1S/C41H44ClN3O10/c1-6-33(26-12-14-35(31(18-26)40(48)49)55-24-25-10-8-7-9-11-25)43-41(50)45-23-38(46)44(22-32-36(53-4)19-30(51-2)20-37(32)54-5)21-28(39(45)47)16-27-17-29(42)13-15-34(27)52-3/h7-15,17-20,28,33H,6,16,21-24H2,1-5H3,(H,43,50)(H,48,49)/t28-,33-/m1/s1. The van der Waals surface area contributed by atoms with Crippen LogP contribution in [0.4, 0.5) is 4.79 Å². The number of carboxylic acids is 1. The van der Waals surface area contributed by atoms with Crippen LogP contribution in [0.2, 0.25) is 5.02 Å². The van der Waals surface area contributed by atoms with E-state index in [0.29, 0.717) is 51.1 Å². The third-order valence-corrected chi connectivity index (χ3v) is 9.64. The normalized spacial score (nSPS) is 14.8. The van der Waals surface area contributed by atoms with Crippen LogP contribution in [0.1, 0.15) is 52.0 Å². The van der Waals surface area contributed by atoms with E-state index in [9.17, 15) is 24.3 Å². The van der Waals surface area contributed by atoms with Gasteiger partial charge < -0.3 is 39.0 Å². The van der Waals surface area contributed by atoms with E-state index in [4.69, 9.17) is 35.3 Å². The van der Waals surface area contributed by atoms with E-state index in [1.165, 1.54) is 39.4 Å². The Hall–Kier alpha value is -5.95. The number of rotatable bonds is 15. The summed E-state index contributed by atoms with van der Waals surface area (Å²) in [6, 6.07) is 20.8. The number of halogens is 1. The number of carbonyl (C=O) groups is 4. The zero-order valence-corrected chi connectivity index (χ0v) is 32.1. The summed E-state index contributed by atoms with van der Waals surface area (Å²) in [4.78, 5) is 57.2. The maximum Gasteiger partial charge on any atom is 0.339 e. The lowest BCUT2D eigenvalue weighted by molar-refractivity contribution is -0.135. The Kier molecular flexibility index (Phi) is 13.5. The van der Waals surface area contributed by atoms with Gasteiger partial charge in [0.2, 0.25) is 11.8 Å². The molecule has 0 unspecified atom stereocenters. The van der Waals surface area contributed by atoms with Crippen molar-refractivity contribution in [3.05, 3.63) is 112 Å². The van der Waals surface area contributed by atoms with E-state index in [0.717, 1.165) is 10.5 Å². The Morgan fingerprint density at radius 2 is 1.55 bits per heavy atom. The number of carbonyl (C=O) groups excluding carboxylic acids is 3. The maximum atomic E-state index is 14.4. The Bertz CT molecular complexity index is 2000. The Balaban J connectivity index is 1.45. The molecule has 13 nitrogen and oxygen atoms in total. The van der Waals surface area contributed by atoms with E-state index >= 15 is 0 Å². The summed E-state index contributed by atoms with van der Waals surface area (Å²) in [5, 5.41) is 13.3. The maximum absolute atomic E-state index is 14.4. The Morgan fingerprint density at radius 3 is 2.16 bits per heavy atom. The summed E-state index contributed by atoms with van der Waals surface area (Å²) in [7, 11) is 5.99. The quantitative estimate of drug-likeness (QED) is 0.136. The molecule has 1 aliphatic rings. The third kappa shape index (κ3) is 9.60. The molecule has 1 aliphatic heterocycles. The van der Waals surface area contributed by atoms with E-state index in [1.807, 2.05) is 37.3 Å². The van der Waals surface area contributed by atoms with Gasteiger partial charge in [-0.2, -0.15) is 0 Å². The second-order valence-electron chi connectivity index (χ2n) is 12.8.